The van der Waals surface area contributed by atoms with Crippen LogP contribution in [0.25, 0.3) is 0 Å². The van der Waals surface area contributed by atoms with Crippen LogP contribution in [0.4, 0.5) is 13.2 Å². The maximum atomic E-state index is 11.7. The van der Waals surface area contributed by atoms with Gasteiger partial charge in [-0.1, -0.05) is 0 Å². The molecule has 0 fully saturated rings. The molecule has 0 aromatic carbocycles. The van der Waals surface area contributed by atoms with Crippen molar-refractivity contribution in [2.75, 3.05) is 6.61 Å². The van der Waals surface area contributed by atoms with Gasteiger partial charge in [-0.3, -0.25) is 4.79 Å². The van der Waals surface area contributed by atoms with Crippen LogP contribution < -0.4 is 5.56 Å². The van der Waals surface area contributed by atoms with Crippen molar-refractivity contribution >= 4 is 0 Å². The summed E-state index contributed by atoms with van der Waals surface area (Å²) in [5.41, 5.74) is -0.914. The molecule has 1 aromatic heterocycles. The highest BCUT2D eigenvalue weighted by atomic mass is 19.4. The number of hydrogen-bond donors (Lipinski definition) is 1. The molecular weight excluding hydrogens is 227 g/mol. The SMILES string of the molecule is N#Cc1cnc(COCC(F)(F)F)[nH]c1=O. The maximum Gasteiger partial charge on any atom is 0.411 e. The number of rotatable bonds is 3. The molecule has 0 atom stereocenters. The first-order valence-electron chi connectivity index (χ1n) is 4.05. The topological polar surface area (TPSA) is 78.8 Å². The van der Waals surface area contributed by atoms with Gasteiger partial charge in [-0.15, -0.1) is 0 Å². The van der Waals surface area contributed by atoms with Crippen molar-refractivity contribution in [2.45, 2.75) is 12.8 Å². The molecule has 0 unspecified atom stereocenters. The fourth-order valence-corrected chi connectivity index (χ4v) is 0.848. The fraction of sp³-hybridized carbons (Fsp3) is 0.375. The van der Waals surface area contributed by atoms with Crippen LogP contribution in [0.3, 0.4) is 0 Å². The van der Waals surface area contributed by atoms with Gasteiger partial charge in [-0.2, -0.15) is 18.4 Å². The molecule has 0 aliphatic heterocycles. The molecule has 0 amide bonds. The third-order valence-corrected chi connectivity index (χ3v) is 1.48. The Balaban J connectivity index is 2.60. The highest BCUT2D eigenvalue weighted by Crippen LogP contribution is 2.14. The van der Waals surface area contributed by atoms with Crippen LogP contribution >= 0.6 is 0 Å². The number of aromatic amines is 1. The number of halogens is 3. The van der Waals surface area contributed by atoms with Crippen molar-refractivity contribution in [2.24, 2.45) is 0 Å². The lowest BCUT2D eigenvalue weighted by Gasteiger charge is -2.06. The predicted molar refractivity (Wildman–Crippen MR) is 45.3 cm³/mol. The van der Waals surface area contributed by atoms with E-state index in [9.17, 15) is 18.0 Å². The number of alkyl halides is 3. The lowest BCUT2D eigenvalue weighted by Crippen LogP contribution is -2.19. The number of ether oxygens (including phenoxy) is 1. The Morgan fingerprint density at radius 2 is 2.25 bits per heavy atom. The normalized spacial score (nSPS) is 11.1. The summed E-state index contributed by atoms with van der Waals surface area (Å²) in [6.07, 6.45) is -3.45. The van der Waals surface area contributed by atoms with E-state index in [-0.39, 0.29) is 11.4 Å². The van der Waals surface area contributed by atoms with Gasteiger partial charge >= 0.3 is 6.18 Å². The predicted octanol–water partition coefficient (Wildman–Crippen LogP) is 0.720. The van der Waals surface area contributed by atoms with E-state index < -0.39 is 24.9 Å². The molecule has 1 N–H and O–H groups in total. The fourth-order valence-electron chi connectivity index (χ4n) is 0.848. The van der Waals surface area contributed by atoms with Crippen molar-refractivity contribution in [3.63, 3.8) is 0 Å². The molecule has 0 saturated heterocycles. The minimum absolute atomic E-state index is 0.0618. The largest absolute Gasteiger partial charge is 0.411 e. The number of nitrogens with one attached hydrogen (secondary N) is 1. The smallest absolute Gasteiger partial charge is 0.364 e. The summed E-state index contributed by atoms with van der Waals surface area (Å²) in [7, 11) is 0. The molecule has 16 heavy (non-hydrogen) atoms. The summed E-state index contributed by atoms with van der Waals surface area (Å²) < 4.78 is 39.4. The summed E-state index contributed by atoms with van der Waals surface area (Å²) in [5.74, 6) is -0.0618. The number of nitrogens with zero attached hydrogens (tertiary/aromatic N) is 2. The monoisotopic (exact) mass is 233 g/mol. The Morgan fingerprint density at radius 3 is 2.75 bits per heavy atom. The molecule has 86 valence electrons. The van der Waals surface area contributed by atoms with Gasteiger partial charge in [0.15, 0.2) is 0 Å². The zero-order valence-electron chi connectivity index (χ0n) is 7.84. The van der Waals surface area contributed by atoms with Crippen molar-refractivity contribution in [3.8, 4) is 6.07 Å². The standard InChI is InChI=1S/C8H6F3N3O2/c9-8(10,11)4-16-3-6-13-2-5(1-12)7(15)14-6/h2H,3-4H2,(H,13,14,15). The summed E-state index contributed by atoms with van der Waals surface area (Å²) >= 11 is 0. The minimum atomic E-state index is -4.42. The lowest BCUT2D eigenvalue weighted by molar-refractivity contribution is -0.177. The van der Waals surface area contributed by atoms with E-state index in [0.717, 1.165) is 6.20 Å². The van der Waals surface area contributed by atoms with E-state index in [0.29, 0.717) is 0 Å². The molecule has 8 heteroatoms. The van der Waals surface area contributed by atoms with Gasteiger partial charge in [0.25, 0.3) is 5.56 Å². The maximum absolute atomic E-state index is 11.7. The van der Waals surface area contributed by atoms with E-state index in [1.54, 1.807) is 6.07 Å². The molecule has 0 spiro atoms. The third kappa shape index (κ3) is 3.70. The molecular formula is C8H6F3N3O2. The highest BCUT2D eigenvalue weighted by Gasteiger charge is 2.27. The summed E-state index contributed by atoms with van der Waals surface area (Å²) in [6, 6.07) is 1.58. The zero-order chi connectivity index (χ0) is 12.2. The second-order valence-corrected chi connectivity index (χ2v) is 2.79. The van der Waals surface area contributed by atoms with Gasteiger partial charge in [-0.25, -0.2) is 4.98 Å². The Bertz CT molecular complexity index is 461. The number of H-pyrrole nitrogens is 1. The van der Waals surface area contributed by atoms with E-state index in [1.165, 1.54) is 0 Å². The van der Waals surface area contributed by atoms with E-state index in [2.05, 4.69) is 14.7 Å². The van der Waals surface area contributed by atoms with Gasteiger partial charge in [0.05, 0.1) is 6.20 Å². The second-order valence-electron chi connectivity index (χ2n) is 2.79. The molecule has 0 aliphatic carbocycles. The average Bonchev–Trinajstić information content (AvgIpc) is 2.16. The van der Waals surface area contributed by atoms with Gasteiger partial charge in [0, 0.05) is 0 Å². The molecule has 1 rings (SSSR count). The van der Waals surface area contributed by atoms with E-state index in [1.807, 2.05) is 0 Å². The van der Waals surface area contributed by atoms with Gasteiger partial charge < -0.3 is 9.72 Å². The first-order chi connectivity index (χ1) is 7.42. The van der Waals surface area contributed by atoms with Crippen LogP contribution in [0.5, 0.6) is 0 Å². The van der Waals surface area contributed by atoms with Crippen molar-refractivity contribution < 1.29 is 17.9 Å². The van der Waals surface area contributed by atoms with Crippen molar-refractivity contribution in [1.82, 2.24) is 9.97 Å². The van der Waals surface area contributed by atoms with Gasteiger partial charge in [0.2, 0.25) is 0 Å². The zero-order valence-corrected chi connectivity index (χ0v) is 7.84. The Kier molecular flexibility index (Phi) is 3.63. The van der Waals surface area contributed by atoms with Crippen LogP contribution in [-0.4, -0.2) is 22.8 Å². The van der Waals surface area contributed by atoms with Crippen LogP contribution in [0.1, 0.15) is 11.4 Å². The number of aromatic nitrogens is 2. The van der Waals surface area contributed by atoms with E-state index in [4.69, 9.17) is 5.26 Å². The Morgan fingerprint density at radius 1 is 1.56 bits per heavy atom. The first kappa shape index (κ1) is 12.2. The second kappa shape index (κ2) is 4.76. The minimum Gasteiger partial charge on any atom is -0.364 e. The molecule has 1 aromatic rings. The molecule has 0 saturated carbocycles. The van der Waals surface area contributed by atoms with Gasteiger partial charge in [0.1, 0.15) is 30.7 Å². The molecule has 0 aliphatic rings. The number of hydrogen-bond acceptors (Lipinski definition) is 4. The first-order valence-corrected chi connectivity index (χ1v) is 4.05. The third-order valence-electron chi connectivity index (χ3n) is 1.48. The lowest BCUT2D eigenvalue weighted by atomic mass is 10.4. The van der Waals surface area contributed by atoms with Gasteiger partial charge in [-0.05, 0) is 0 Å². The summed E-state index contributed by atoms with van der Waals surface area (Å²) in [6.45, 7) is -1.89. The van der Waals surface area contributed by atoms with Crippen molar-refractivity contribution in [3.05, 3.63) is 27.9 Å². The molecule has 5 nitrogen and oxygen atoms in total. The molecule has 0 radical (unpaired) electrons. The van der Waals surface area contributed by atoms with Crippen LogP contribution in [0.2, 0.25) is 0 Å². The van der Waals surface area contributed by atoms with Crippen LogP contribution in [0.15, 0.2) is 11.0 Å². The highest BCUT2D eigenvalue weighted by molar-refractivity contribution is 5.21. The van der Waals surface area contributed by atoms with Crippen LogP contribution in [0, 0.1) is 11.3 Å². The number of nitriles is 1. The Labute approximate surface area is 87.5 Å². The average molecular weight is 233 g/mol. The quantitative estimate of drug-likeness (QED) is 0.834. The summed E-state index contributed by atoms with van der Waals surface area (Å²) in [4.78, 5) is 16.7. The summed E-state index contributed by atoms with van der Waals surface area (Å²) in [5, 5.41) is 8.40. The van der Waals surface area contributed by atoms with Crippen LogP contribution in [-0.2, 0) is 11.3 Å². The molecule has 1 heterocycles. The van der Waals surface area contributed by atoms with E-state index >= 15 is 0 Å². The molecule has 0 bridgehead atoms. The Hall–Kier alpha value is -1.88. The van der Waals surface area contributed by atoms with Crippen molar-refractivity contribution in [1.29, 1.82) is 5.26 Å².